The maximum atomic E-state index is 6.94. The highest BCUT2D eigenvalue weighted by Crippen LogP contribution is 2.43. The lowest BCUT2D eigenvalue weighted by molar-refractivity contribution is 1.19. The number of alkyl halides is 1. The summed E-state index contributed by atoms with van der Waals surface area (Å²) in [5.41, 5.74) is 16.8. The average Bonchev–Trinajstić information content (AvgIpc) is 3.68. The van der Waals surface area contributed by atoms with Crippen molar-refractivity contribution in [3.05, 3.63) is 187 Å². The Morgan fingerprint density at radius 2 is 1.18 bits per heavy atom. The van der Waals surface area contributed by atoms with Gasteiger partial charge in [-0.2, -0.15) is 0 Å². The number of nitrogens with two attached hydrogens (primary N) is 1. The van der Waals surface area contributed by atoms with E-state index in [0.717, 1.165) is 22.5 Å². The Hall–Kier alpha value is -5.59. The lowest BCUT2D eigenvalue weighted by atomic mass is 10.1. The van der Waals surface area contributed by atoms with E-state index < -0.39 is 0 Å². The van der Waals surface area contributed by atoms with Crippen LogP contribution in [0.5, 0.6) is 0 Å². The normalized spacial score (nSPS) is 13.2. The molecule has 3 nitrogen and oxygen atoms in total. The minimum absolute atomic E-state index is 0.112. The molecule has 0 bridgehead atoms. The molecule has 0 saturated heterocycles. The molecular weight excluding hydrogens is 709 g/mol. The van der Waals surface area contributed by atoms with E-state index in [1.807, 2.05) is 18.2 Å². The van der Waals surface area contributed by atoms with Crippen LogP contribution in [0.25, 0.3) is 71.5 Å². The van der Waals surface area contributed by atoms with Crippen LogP contribution in [-0.4, -0.2) is 9.13 Å². The van der Waals surface area contributed by atoms with Crippen LogP contribution in [0.1, 0.15) is 15.1 Å². The fourth-order valence-corrected chi connectivity index (χ4v) is 8.17. The number of hydrogen-bond acceptors (Lipinski definition) is 1. The molecule has 7 aromatic carbocycles. The molecule has 2 N–H and O–H groups in total. The van der Waals surface area contributed by atoms with Crippen LogP contribution in [-0.2, 0) is 0 Å². The van der Waals surface area contributed by atoms with Gasteiger partial charge in [-0.3, -0.25) is 0 Å². The summed E-state index contributed by atoms with van der Waals surface area (Å²) in [6.45, 7) is 0. The Labute approximate surface area is 298 Å². The predicted molar refractivity (Wildman–Crippen MR) is 217 cm³/mol. The molecule has 2 aromatic heterocycles. The number of allylic oxidation sites excluding steroid dienone is 3. The van der Waals surface area contributed by atoms with Gasteiger partial charge in [-0.1, -0.05) is 162 Å². The smallest absolute Gasteiger partial charge is 0.0641 e. The first-order valence-electron chi connectivity index (χ1n) is 16.5. The minimum Gasteiger partial charge on any atom is -0.398 e. The summed E-state index contributed by atoms with van der Waals surface area (Å²) >= 11 is 2.54. The largest absolute Gasteiger partial charge is 0.398 e. The number of hydrogen-bond donors (Lipinski definition) is 1. The van der Waals surface area contributed by atoms with E-state index >= 15 is 0 Å². The van der Waals surface area contributed by atoms with Crippen molar-refractivity contribution in [3.8, 4) is 5.69 Å². The van der Waals surface area contributed by atoms with Crippen molar-refractivity contribution >= 4 is 88.4 Å². The molecule has 0 amide bonds. The van der Waals surface area contributed by atoms with Crippen molar-refractivity contribution in [2.24, 2.45) is 5.73 Å². The van der Waals surface area contributed by atoms with E-state index in [0.29, 0.717) is 0 Å². The summed E-state index contributed by atoms with van der Waals surface area (Å²) in [4.78, 5) is 0. The van der Waals surface area contributed by atoms with E-state index in [1.165, 1.54) is 60.1 Å². The summed E-state index contributed by atoms with van der Waals surface area (Å²) in [6, 6.07) is 58.3. The van der Waals surface area contributed by atoms with Crippen molar-refractivity contribution in [2.75, 3.05) is 0 Å². The summed E-state index contributed by atoms with van der Waals surface area (Å²) < 4.78 is 5.00. The SMILES string of the molecule is N/C(=C\C(=C/C(I)c1ccccc1)n1c2ccccc2c2ccc3c(c4ccccc4n3-c3cccc4ccccc34)c21)c1ccccc1. The van der Waals surface area contributed by atoms with Crippen molar-refractivity contribution in [1.82, 2.24) is 9.13 Å². The van der Waals surface area contributed by atoms with E-state index in [4.69, 9.17) is 5.73 Å². The highest BCUT2D eigenvalue weighted by atomic mass is 127. The highest BCUT2D eigenvalue weighted by molar-refractivity contribution is 14.1. The minimum atomic E-state index is 0.112. The lowest BCUT2D eigenvalue weighted by Gasteiger charge is -2.15. The van der Waals surface area contributed by atoms with Crippen molar-refractivity contribution in [2.45, 2.75) is 3.92 Å². The van der Waals surface area contributed by atoms with Gasteiger partial charge in [0.25, 0.3) is 0 Å². The highest BCUT2D eigenvalue weighted by Gasteiger charge is 2.22. The Morgan fingerprint density at radius 3 is 1.98 bits per heavy atom. The second-order valence-electron chi connectivity index (χ2n) is 12.4. The zero-order valence-electron chi connectivity index (χ0n) is 26.7. The molecule has 0 fully saturated rings. The Kier molecular flexibility index (Phi) is 7.32. The van der Waals surface area contributed by atoms with Gasteiger partial charge in [0, 0.05) is 38.3 Å². The fraction of sp³-hybridized carbons (Fsp3) is 0.0222. The second kappa shape index (κ2) is 12.1. The summed E-state index contributed by atoms with van der Waals surface area (Å²) in [5, 5.41) is 7.31. The molecule has 0 spiro atoms. The summed E-state index contributed by atoms with van der Waals surface area (Å²) in [5.74, 6) is 0. The molecule has 0 aliphatic heterocycles. The third-order valence-corrected chi connectivity index (χ3v) is 10.7. The number of nitrogens with zero attached hydrogens (tertiary/aromatic N) is 2. The molecule has 49 heavy (non-hydrogen) atoms. The van der Waals surface area contributed by atoms with Gasteiger partial charge >= 0.3 is 0 Å². The zero-order valence-corrected chi connectivity index (χ0v) is 28.8. The van der Waals surface area contributed by atoms with E-state index in [-0.39, 0.29) is 3.92 Å². The topological polar surface area (TPSA) is 35.9 Å². The number of rotatable bonds is 6. The average molecular weight is 742 g/mol. The van der Waals surface area contributed by atoms with Crippen LogP contribution in [0, 0.1) is 0 Å². The number of benzene rings is 7. The molecule has 0 aliphatic carbocycles. The number of halogens is 1. The van der Waals surface area contributed by atoms with Gasteiger partial charge in [0.15, 0.2) is 0 Å². The van der Waals surface area contributed by atoms with Gasteiger partial charge in [0.2, 0.25) is 0 Å². The molecule has 1 unspecified atom stereocenters. The second-order valence-corrected chi connectivity index (χ2v) is 13.8. The molecule has 4 heteroatoms. The first kappa shape index (κ1) is 29.5. The third-order valence-electron chi connectivity index (χ3n) is 9.58. The summed E-state index contributed by atoms with van der Waals surface area (Å²) in [7, 11) is 0. The monoisotopic (exact) mass is 741 g/mol. The van der Waals surface area contributed by atoms with Crippen LogP contribution in [0.4, 0.5) is 0 Å². The first-order chi connectivity index (χ1) is 24.2. The Morgan fingerprint density at radius 1 is 0.551 bits per heavy atom. The molecule has 1 atom stereocenters. The molecular formula is C45H32IN3. The molecule has 9 rings (SSSR count). The fourth-order valence-electron chi connectivity index (χ4n) is 7.38. The molecule has 0 radical (unpaired) electrons. The van der Waals surface area contributed by atoms with E-state index in [1.54, 1.807) is 0 Å². The van der Waals surface area contributed by atoms with Gasteiger partial charge in [-0.05, 0) is 52.9 Å². The van der Waals surface area contributed by atoms with Gasteiger partial charge < -0.3 is 14.9 Å². The van der Waals surface area contributed by atoms with Crippen LogP contribution in [0.2, 0.25) is 0 Å². The quantitative estimate of drug-likeness (QED) is 0.103. The molecule has 234 valence electrons. The van der Waals surface area contributed by atoms with Crippen LogP contribution in [0.15, 0.2) is 176 Å². The Balaban J connectivity index is 1.43. The van der Waals surface area contributed by atoms with Gasteiger partial charge in [-0.25, -0.2) is 0 Å². The van der Waals surface area contributed by atoms with Crippen molar-refractivity contribution in [1.29, 1.82) is 0 Å². The third kappa shape index (κ3) is 4.94. The predicted octanol–water partition coefficient (Wildman–Crippen LogP) is 12.1. The van der Waals surface area contributed by atoms with Crippen LogP contribution < -0.4 is 5.73 Å². The van der Waals surface area contributed by atoms with Gasteiger partial charge in [-0.15, -0.1) is 0 Å². The lowest BCUT2D eigenvalue weighted by Crippen LogP contribution is -2.02. The van der Waals surface area contributed by atoms with Gasteiger partial charge in [0.1, 0.15) is 0 Å². The van der Waals surface area contributed by atoms with Gasteiger partial charge in [0.05, 0.1) is 31.7 Å². The molecule has 9 aromatic rings. The van der Waals surface area contributed by atoms with Crippen molar-refractivity contribution < 1.29 is 0 Å². The number of aromatic nitrogens is 2. The number of fused-ring (bicyclic) bond motifs is 8. The van der Waals surface area contributed by atoms with Crippen LogP contribution >= 0.6 is 22.6 Å². The van der Waals surface area contributed by atoms with Crippen molar-refractivity contribution in [3.63, 3.8) is 0 Å². The maximum Gasteiger partial charge on any atom is 0.0641 e. The Bertz CT molecular complexity index is 2730. The summed E-state index contributed by atoms with van der Waals surface area (Å²) in [6.07, 6.45) is 4.50. The molecule has 0 saturated carbocycles. The zero-order chi connectivity index (χ0) is 32.9. The van der Waals surface area contributed by atoms with E-state index in [2.05, 4.69) is 189 Å². The molecule has 0 aliphatic rings. The maximum absolute atomic E-state index is 6.94. The van der Waals surface area contributed by atoms with Crippen LogP contribution in [0.3, 0.4) is 0 Å². The number of para-hydroxylation sites is 2. The molecule has 2 heterocycles. The first-order valence-corrected chi connectivity index (χ1v) is 17.8. The standard InChI is InChI=1S/C45H32IN3/c46-38(31-15-3-1-4-16-31)28-33(29-39(47)32-17-5-2-6-18-32)48-41-23-11-9-21-35(41)36-26-27-43-44(45(36)48)37-22-10-12-24-42(37)49(43)40-25-13-19-30-14-7-8-20-34(30)40/h1-29,38H,47H2/b33-28+,39-29-. The van der Waals surface area contributed by atoms with E-state index in [9.17, 15) is 0 Å².